The number of imidazole rings is 1. The van der Waals surface area contributed by atoms with Crippen LogP contribution in [0.2, 0.25) is 0 Å². The Morgan fingerprint density at radius 3 is 2.55 bits per heavy atom. The molecule has 1 amide bonds. The Morgan fingerprint density at radius 2 is 1.83 bits per heavy atom. The van der Waals surface area contributed by atoms with Gasteiger partial charge in [-0.2, -0.15) is 0 Å². The highest BCUT2D eigenvalue weighted by molar-refractivity contribution is 7.98. The summed E-state index contributed by atoms with van der Waals surface area (Å²) >= 11 is 1.46. The van der Waals surface area contributed by atoms with Gasteiger partial charge in [-0.25, -0.2) is 15.0 Å². The van der Waals surface area contributed by atoms with Crippen LogP contribution in [0.1, 0.15) is 19.5 Å². The molecule has 2 aromatic heterocycles. The summed E-state index contributed by atoms with van der Waals surface area (Å²) in [7, 11) is 0. The highest BCUT2D eigenvalue weighted by Gasteiger charge is 2.33. The number of primary amides is 1. The van der Waals surface area contributed by atoms with Gasteiger partial charge < -0.3 is 5.73 Å². The number of thioether (sulfide) groups is 1. The van der Waals surface area contributed by atoms with Crippen LogP contribution in [0, 0.1) is 0 Å². The average Bonchev–Trinajstić information content (AvgIpc) is 3.19. The van der Waals surface area contributed by atoms with Crippen molar-refractivity contribution >= 4 is 28.4 Å². The van der Waals surface area contributed by atoms with Crippen LogP contribution in [0.5, 0.6) is 0 Å². The highest BCUT2D eigenvalue weighted by atomic mass is 32.2. The van der Waals surface area contributed by atoms with Crippen LogP contribution in [0.25, 0.3) is 28.0 Å². The second kappa shape index (κ2) is 7.33. The Bertz CT molecular complexity index is 1210. The van der Waals surface area contributed by atoms with Crippen LogP contribution < -0.4 is 5.73 Å². The van der Waals surface area contributed by atoms with Gasteiger partial charge in [0.2, 0.25) is 5.91 Å². The van der Waals surface area contributed by atoms with Gasteiger partial charge in [0, 0.05) is 11.8 Å². The zero-order valence-corrected chi connectivity index (χ0v) is 17.3. The Balaban J connectivity index is 1.98. The number of nitrogens with two attached hydrogens (primary N) is 1. The molecular formula is C22H21N5OS. The van der Waals surface area contributed by atoms with E-state index >= 15 is 0 Å². The minimum absolute atomic E-state index is 0.428. The third-order valence-corrected chi connectivity index (χ3v) is 5.62. The molecule has 146 valence electrons. The van der Waals surface area contributed by atoms with Gasteiger partial charge in [0.05, 0.1) is 17.3 Å². The molecule has 0 aliphatic carbocycles. The fraction of sp³-hybridized carbons (Fsp3) is 0.182. The minimum atomic E-state index is -0.924. The molecule has 6 nitrogen and oxygen atoms in total. The molecule has 2 N–H and O–H groups in total. The SMILES string of the molecule is CSc1nccc(-n2c(C(C)(C)C(N)=O)cnc2-c2ccc3ccccc3c2)n1. The molecule has 4 aromatic rings. The molecule has 0 atom stereocenters. The van der Waals surface area contributed by atoms with E-state index in [0.717, 1.165) is 16.3 Å². The van der Waals surface area contributed by atoms with Gasteiger partial charge in [0.1, 0.15) is 11.6 Å². The van der Waals surface area contributed by atoms with Crippen molar-refractivity contribution in [2.45, 2.75) is 24.4 Å². The molecule has 2 heterocycles. The van der Waals surface area contributed by atoms with E-state index in [2.05, 4.69) is 39.2 Å². The Hall–Kier alpha value is -3.19. The Labute approximate surface area is 173 Å². The average molecular weight is 404 g/mol. The molecule has 0 aliphatic rings. The molecule has 0 saturated heterocycles. The Kier molecular flexibility index (Phi) is 4.84. The molecule has 0 bridgehead atoms. The van der Waals surface area contributed by atoms with Gasteiger partial charge >= 0.3 is 0 Å². The predicted molar refractivity (Wildman–Crippen MR) is 116 cm³/mol. The van der Waals surface area contributed by atoms with Gasteiger partial charge in [0.15, 0.2) is 5.16 Å². The van der Waals surface area contributed by atoms with Crippen LogP contribution in [-0.4, -0.2) is 31.7 Å². The molecule has 2 aromatic carbocycles. The van der Waals surface area contributed by atoms with Crippen molar-refractivity contribution < 1.29 is 4.79 Å². The minimum Gasteiger partial charge on any atom is -0.369 e. The lowest BCUT2D eigenvalue weighted by molar-refractivity contribution is -0.122. The summed E-state index contributed by atoms with van der Waals surface area (Å²) in [5, 5.41) is 2.91. The topological polar surface area (TPSA) is 86.7 Å². The summed E-state index contributed by atoms with van der Waals surface area (Å²) in [6.07, 6.45) is 5.33. The maximum Gasteiger partial charge on any atom is 0.229 e. The second-order valence-corrected chi connectivity index (χ2v) is 8.03. The number of hydrogen-bond acceptors (Lipinski definition) is 5. The lowest BCUT2D eigenvalue weighted by Gasteiger charge is -2.23. The van der Waals surface area contributed by atoms with Gasteiger partial charge in [-0.05, 0) is 43.0 Å². The van der Waals surface area contributed by atoms with Crippen molar-refractivity contribution in [3.8, 4) is 17.2 Å². The van der Waals surface area contributed by atoms with Gasteiger partial charge in [0.25, 0.3) is 0 Å². The molecule has 29 heavy (non-hydrogen) atoms. The smallest absolute Gasteiger partial charge is 0.229 e. The number of benzene rings is 2. The number of aromatic nitrogens is 4. The van der Waals surface area contributed by atoms with Crippen LogP contribution >= 0.6 is 11.8 Å². The number of amides is 1. The fourth-order valence-electron chi connectivity index (χ4n) is 3.24. The van der Waals surface area contributed by atoms with E-state index in [-0.39, 0.29) is 0 Å². The second-order valence-electron chi connectivity index (χ2n) is 7.26. The van der Waals surface area contributed by atoms with E-state index in [4.69, 9.17) is 5.73 Å². The predicted octanol–water partition coefficient (Wildman–Crippen LogP) is 3.97. The van der Waals surface area contributed by atoms with E-state index < -0.39 is 11.3 Å². The third-order valence-electron chi connectivity index (χ3n) is 5.06. The van der Waals surface area contributed by atoms with E-state index in [9.17, 15) is 4.79 Å². The van der Waals surface area contributed by atoms with Crippen molar-refractivity contribution in [1.29, 1.82) is 0 Å². The zero-order chi connectivity index (χ0) is 20.6. The van der Waals surface area contributed by atoms with Crippen LogP contribution in [0.3, 0.4) is 0 Å². The molecule has 0 aliphatic heterocycles. The standard InChI is InChI=1S/C22H21N5OS/c1-22(2,20(23)28)17-13-25-19(27(17)18-10-11-24-21(26-18)29-3)16-9-8-14-6-4-5-7-15(14)12-16/h4-13H,1-3H3,(H2,23,28). The number of carbonyl (C=O) groups excluding carboxylic acids is 1. The van der Waals surface area contributed by atoms with E-state index in [1.54, 1.807) is 26.2 Å². The molecule has 0 saturated carbocycles. The highest BCUT2D eigenvalue weighted by Crippen LogP contribution is 2.32. The molecule has 0 radical (unpaired) electrons. The largest absolute Gasteiger partial charge is 0.369 e. The summed E-state index contributed by atoms with van der Waals surface area (Å²) in [5.41, 5.74) is 6.40. The first-order chi connectivity index (χ1) is 13.9. The summed E-state index contributed by atoms with van der Waals surface area (Å²) < 4.78 is 1.90. The molecule has 4 rings (SSSR count). The van der Waals surface area contributed by atoms with Gasteiger partial charge in [-0.15, -0.1) is 0 Å². The molecule has 0 unspecified atom stereocenters. The number of carbonyl (C=O) groups is 1. The summed E-state index contributed by atoms with van der Waals surface area (Å²) in [4.78, 5) is 25.8. The van der Waals surface area contributed by atoms with Crippen molar-refractivity contribution in [3.63, 3.8) is 0 Å². The summed E-state index contributed by atoms with van der Waals surface area (Å²) in [5.74, 6) is 0.919. The van der Waals surface area contributed by atoms with Gasteiger partial charge in [-0.1, -0.05) is 48.2 Å². The molecule has 7 heteroatoms. The molecule has 0 fully saturated rings. The van der Waals surface area contributed by atoms with Crippen LogP contribution in [-0.2, 0) is 10.2 Å². The number of hydrogen-bond donors (Lipinski definition) is 1. The van der Waals surface area contributed by atoms with Crippen molar-refractivity contribution in [1.82, 2.24) is 19.5 Å². The Morgan fingerprint density at radius 1 is 1.07 bits per heavy atom. The number of fused-ring (bicyclic) bond motifs is 1. The third kappa shape index (κ3) is 3.38. The normalized spacial score (nSPS) is 11.7. The molecular weight excluding hydrogens is 382 g/mol. The number of rotatable bonds is 5. The van der Waals surface area contributed by atoms with E-state index in [1.165, 1.54) is 11.8 Å². The van der Waals surface area contributed by atoms with Crippen LogP contribution in [0.4, 0.5) is 0 Å². The van der Waals surface area contributed by atoms with Gasteiger partial charge in [-0.3, -0.25) is 9.36 Å². The summed E-state index contributed by atoms with van der Waals surface area (Å²) in [6, 6.07) is 16.2. The number of nitrogens with zero attached hydrogens (tertiary/aromatic N) is 4. The van der Waals surface area contributed by atoms with Crippen molar-refractivity contribution in [2.75, 3.05) is 6.26 Å². The first-order valence-electron chi connectivity index (χ1n) is 9.16. The van der Waals surface area contributed by atoms with Crippen molar-refractivity contribution in [3.05, 3.63) is 66.6 Å². The maximum absolute atomic E-state index is 12.2. The van der Waals surface area contributed by atoms with E-state index in [1.807, 2.05) is 35.1 Å². The first-order valence-corrected chi connectivity index (χ1v) is 10.4. The zero-order valence-electron chi connectivity index (χ0n) is 16.5. The monoisotopic (exact) mass is 403 g/mol. The van der Waals surface area contributed by atoms with Crippen molar-refractivity contribution in [2.24, 2.45) is 5.73 Å². The first kappa shape index (κ1) is 19.1. The lowest BCUT2D eigenvalue weighted by Crippen LogP contribution is -2.37. The van der Waals surface area contributed by atoms with E-state index in [0.29, 0.717) is 22.5 Å². The quantitative estimate of drug-likeness (QED) is 0.402. The summed E-state index contributed by atoms with van der Waals surface area (Å²) in [6.45, 7) is 3.59. The fourth-order valence-corrected chi connectivity index (χ4v) is 3.59. The van der Waals surface area contributed by atoms with Crippen LogP contribution in [0.15, 0.2) is 66.1 Å². The maximum atomic E-state index is 12.2. The lowest BCUT2D eigenvalue weighted by atomic mass is 9.89. The molecule has 0 spiro atoms.